The van der Waals surface area contributed by atoms with Gasteiger partial charge in [0.1, 0.15) is 0 Å². The number of hydrogen-bond acceptors (Lipinski definition) is 2. The lowest BCUT2D eigenvalue weighted by Gasteiger charge is -2.06. The van der Waals surface area contributed by atoms with Gasteiger partial charge in [-0.3, -0.25) is 4.68 Å². The first-order valence-corrected chi connectivity index (χ1v) is 5.89. The van der Waals surface area contributed by atoms with Gasteiger partial charge in [-0.2, -0.15) is 5.10 Å². The lowest BCUT2D eigenvalue weighted by molar-refractivity contribution is 0.444. The molecule has 0 aliphatic heterocycles. The zero-order valence-corrected chi connectivity index (χ0v) is 10.5. The molecule has 2 rings (SSSR count). The maximum Gasteiger partial charge on any atom is 0.194 e. The van der Waals surface area contributed by atoms with Crippen molar-refractivity contribution >= 4 is 0 Å². The maximum atomic E-state index is 13.0. The Morgan fingerprint density at radius 2 is 1.89 bits per heavy atom. The van der Waals surface area contributed by atoms with Crippen molar-refractivity contribution in [1.82, 2.24) is 15.1 Å². The lowest BCUT2D eigenvalue weighted by atomic mass is 10.2. The fourth-order valence-corrected chi connectivity index (χ4v) is 1.73. The molecule has 1 N–H and O–H groups in total. The molecule has 0 spiro atoms. The number of aryl methyl sites for hydroxylation is 1. The minimum atomic E-state index is -1.43. The molecule has 0 saturated carbocycles. The third-order valence-electron chi connectivity index (χ3n) is 2.65. The van der Waals surface area contributed by atoms with Crippen molar-refractivity contribution in [3.8, 4) is 0 Å². The average molecular weight is 269 g/mol. The standard InChI is InChI=1S/C13H14F3N3/c1-9-6-18-19(8-9)3-2-17-7-10-4-11(14)13(16)12(15)5-10/h4-6,8,17H,2-3,7H2,1H3. The van der Waals surface area contributed by atoms with Gasteiger partial charge in [-0.05, 0) is 30.2 Å². The molecule has 19 heavy (non-hydrogen) atoms. The van der Waals surface area contributed by atoms with Gasteiger partial charge in [0.2, 0.25) is 0 Å². The first-order valence-electron chi connectivity index (χ1n) is 5.89. The number of halogens is 3. The monoisotopic (exact) mass is 269 g/mol. The number of benzene rings is 1. The van der Waals surface area contributed by atoms with E-state index in [-0.39, 0.29) is 6.54 Å². The third kappa shape index (κ3) is 3.57. The smallest absolute Gasteiger partial charge is 0.194 e. The summed E-state index contributed by atoms with van der Waals surface area (Å²) in [5.74, 6) is -3.77. The summed E-state index contributed by atoms with van der Waals surface area (Å²) < 4.78 is 40.4. The highest BCUT2D eigenvalue weighted by Gasteiger charge is 2.09. The minimum absolute atomic E-state index is 0.272. The van der Waals surface area contributed by atoms with Gasteiger partial charge in [0.15, 0.2) is 17.5 Å². The predicted octanol–water partition coefficient (Wildman–Crippen LogP) is 2.40. The normalized spacial score (nSPS) is 10.9. The fourth-order valence-electron chi connectivity index (χ4n) is 1.73. The highest BCUT2D eigenvalue weighted by molar-refractivity contribution is 5.19. The summed E-state index contributed by atoms with van der Waals surface area (Å²) in [5.41, 5.74) is 1.44. The first-order chi connectivity index (χ1) is 9.06. The van der Waals surface area contributed by atoms with E-state index < -0.39 is 17.5 Å². The fraction of sp³-hybridized carbons (Fsp3) is 0.308. The van der Waals surface area contributed by atoms with E-state index in [1.54, 1.807) is 10.9 Å². The van der Waals surface area contributed by atoms with Crippen LogP contribution in [0.15, 0.2) is 24.5 Å². The molecule has 102 valence electrons. The van der Waals surface area contributed by atoms with E-state index in [1.807, 2.05) is 13.1 Å². The van der Waals surface area contributed by atoms with Crippen LogP contribution >= 0.6 is 0 Å². The van der Waals surface area contributed by atoms with Crippen LogP contribution in [0.4, 0.5) is 13.2 Å². The van der Waals surface area contributed by atoms with Gasteiger partial charge in [-0.1, -0.05) is 0 Å². The Balaban J connectivity index is 1.83. The van der Waals surface area contributed by atoms with Crippen molar-refractivity contribution in [3.05, 3.63) is 53.1 Å². The molecule has 0 amide bonds. The van der Waals surface area contributed by atoms with E-state index in [1.165, 1.54) is 0 Å². The van der Waals surface area contributed by atoms with Crippen LogP contribution in [0.25, 0.3) is 0 Å². The van der Waals surface area contributed by atoms with E-state index in [0.717, 1.165) is 17.7 Å². The summed E-state index contributed by atoms with van der Waals surface area (Å²) in [5, 5.41) is 7.12. The SMILES string of the molecule is Cc1cnn(CCNCc2cc(F)c(F)c(F)c2)c1. The van der Waals surface area contributed by atoms with Gasteiger partial charge < -0.3 is 5.32 Å². The molecule has 0 aliphatic rings. The van der Waals surface area contributed by atoms with Crippen LogP contribution < -0.4 is 5.32 Å². The Morgan fingerprint density at radius 1 is 1.21 bits per heavy atom. The second-order valence-corrected chi connectivity index (χ2v) is 4.33. The van der Waals surface area contributed by atoms with Crippen molar-refractivity contribution in [2.75, 3.05) is 6.54 Å². The molecule has 0 aliphatic carbocycles. The van der Waals surface area contributed by atoms with Crippen LogP contribution in [0.1, 0.15) is 11.1 Å². The summed E-state index contributed by atoms with van der Waals surface area (Å²) in [7, 11) is 0. The van der Waals surface area contributed by atoms with Gasteiger partial charge >= 0.3 is 0 Å². The number of nitrogens with one attached hydrogen (secondary N) is 1. The lowest BCUT2D eigenvalue weighted by Crippen LogP contribution is -2.20. The van der Waals surface area contributed by atoms with Gasteiger partial charge in [0, 0.05) is 19.3 Å². The predicted molar refractivity (Wildman–Crippen MR) is 65.0 cm³/mol. The Morgan fingerprint density at radius 3 is 2.47 bits per heavy atom. The summed E-state index contributed by atoms with van der Waals surface area (Å²) in [6, 6.07) is 1.98. The highest BCUT2D eigenvalue weighted by Crippen LogP contribution is 2.13. The Labute approximate surface area is 109 Å². The topological polar surface area (TPSA) is 29.9 Å². The zero-order chi connectivity index (χ0) is 13.8. The van der Waals surface area contributed by atoms with Crippen LogP contribution in [0.3, 0.4) is 0 Å². The minimum Gasteiger partial charge on any atom is -0.311 e. The van der Waals surface area contributed by atoms with Crippen molar-refractivity contribution in [3.63, 3.8) is 0 Å². The number of hydrogen-bond donors (Lipinski definition) is 1. The summed E-state index contributed by atoms with van der Waals surface area (Å²) >= 11 is 0. The quantitative estimate of drug-likeness (QED) is 0.667. The van der Waals surface area contributed by atoms with Gasteiger partial charge in [-0.15, -0.1) is 0 Å². The van der Waals surface area contributed by atoms with E-state index >= 15 is 0 Å². The molecule has 1 aromatic heterocycles. The second kappa shape index (κ2) is 5.88. The Bertz CT molecular complexity index is 543. The van der Waals surface area contributed by atoms with Crippen LogP contribution in [0, 0.1) is 24.4 Å². The summed E-state index contributed by atoms with van der Waals surface area (Å²) in [4.78, 5) is 0. The molecule has 0 unspecified atom stereocenters. The molecular weight excluding hydrogens is 255 g/mol. The second-order valence-electron chi connectivity index (χ2n) is 4.33. The van der Waals surface area contributed by atoms with Crippen LogP contribution in [-0.2, 0) is 13.1 Å². The average Bonchev–Trinajstić information content (AvgIpc) is 2.77. The van der Waals surface area contributed by atoms with Gasteiger partial charge in [-0.25, -0.2) is 13.2 Å². The molecule has 1 aromatic carbocycles. The molecule has 1 heterocycles. The molecule has 6 heteroatoms. The van der Waals surface area contributed by atoms with E-state index in [0.29, 0.717) is 18.7 Å². The number of nitrogens with zero attached hydrogens (tertiary/aromatic N) is 2. The van der Waals surface area contributed by atoms with Crippen molar-refractivity contribution in [1.29, 1.82) is 0 Å². The van der Waals surface area contributed by atoms with Crippen molar-refractivity contribution < 1.29 is 13.2 Å². The molecule has 3 nitrogen and oxygen atoms in total. The Kier molecular flexibility index (Phi) is 4.21. The first kappa shape index (κ1) is 13.6. The van der Waals surface area contributed by atoms with Crippen molar-refractivity contribution in [2.45, 2.75) is 20.0 Å². The zero-order valence-electron chi connectivity index (χ0n) is 10.5. The molecule has 0 radical (unpaired) electrons. The van der Waals surface area contributed by atoms with Crippen LogP contribution in [0.5, 0.6) is 0 Å². The summed E-state index contributed by atoms with van der Waals surface area (Å²) in [6.07, 6.45) is 3.66. The molecule has 0 atom stereocenters. The van der Waals surface area contributed by atoms with Crippen LogP contribution in [0.2, 0.25) is 0 Å². The Hall–Kier alpha value is -1.82. The summed E-state index contributed by atoms with van der Waals surface area (Å²) in [6.45, 7) is 3.47. The molecule has 0 saturated heterocycles. The number of aromatic nitrogens is 2. The van der Waals surface area contributed by atoms with E-state index in [2.05, 4.69) is 10.4 Å². The highest BCUT2D eigenvalue weighted by atomic mass is 19.2. The van der Waals surface area contributed by atoms with E-state index in [4.69, 9.17) is 0 Å². The largest absolute Gasteiger partial charge is 0.311 e. The maximum absolute atomic E-state index is 13.0. The van der Waals surface area contributed by atoms with Crippen LogP contribution in [-0.4, -0.2) is 16.3 Å². The molecular formula is C13H14F3N3. The molecule has 0 fully saturated rings. The molecule has 0 bridgehead atoms. The molecule has 2 aromatic rings. The van der Waals surface area contributed by atoms with E-state index in [9.17, 15) is 13.2 Å². The van der Waals surface area contributed by atoms with Crippen molar-refractivity contribution in [2.24, 2.45) is 0 Å². The van der Waals surface area contributed by atoms with Gasteiger partial charge in [0.25, 0.3) is 0 Å². The third-order valence-corrected chi connectivity index (χ3v) is 2.65. The van der Waals surface area contributed by atoms with Gasteiger partial charge in [0.05, 0.1) is 12.7 Å². The number of rotatable bonds is 5.